The maximum absolute atomic E-state index is 13.7. The van der Waals surface area contributed by atoms with Crippen molar-refractivity contribution in [2.24, 2.45) is 0 Å². The number of pyridine rings is 1. The molecule has 5 nitrogen and oxygen atoms in total. The lowest BCUT2D eigenvalue weighted by molar-refractivity contribution is -0.171. The van der Waals surface area contributed by atoms with Crippen LogP contribution in [0.25, 0.3) is 5.65 Å². The number of nitrogens with zero attached hydrogens (tertiary/aromatic N) is 3. The standard InChI is InChI=1S/C16H12Cl2F3N3O2S/c1-23(15(16(19,20)21)10-2-4-11(17)5-3-10)27(25,26)12-6-7-24-9-13(18)22-14(24)8-12/h2-9,15H,1H3/t15-/m1/s1. The topological polar surface area (TPSA) is 54.7 Å². The smallest absolute Gasteiger partial charge is 0.305 e. The van der Waals surface area contributed by atoms with Gasteiger partial charge in [0.25, 0.3) is 0 Å². The molecule has 3 aromatic rings. The molecule has 1 atom stereocenters. The van der Waals surface area contributed by atoms with Gasteiger partial charge < -0.3 is 4.40 Å². The third-order valence-electron chi connectivity index (χ3n) is 3.94. The van der Waals surface area contributed by atoms with Crippen molar-refractivity contribution < 1.29 is 21.6 Å². The van der Waals surface area contributed by atoms with Crippen LogP contribution in [0.2, 0.25) is 10.2 Å². The second-order valence-electron chi connectivity index (χ2n) is 5.71. The first-order valence-corrected chi connectivity index (χ1v) is 9.64. The van der Waals surface area contributed by atoms with Crippen LogP contribution in [0.5, 0.6) is 0 Å². The zero-order chi connectivity index (χ0) is 20.0. The fourth-order valence-electron chi connectivity index (χ4n) is 2.65. The second-order valence-corrected chi connectivity index (χ2v) is 8.53. The van der Waals surface area contributed by atoms with Crippen molar-refractivity contribution in [3.05, 3.63) is 64.5 Å². The Labute approximate surface area is 163 Å². The molecule has 3 rings (SSSR count). The lowest BCUT2D eigenvalue weighted by atomic mass is 10.1. The van der Waals surface area contributed by atoms with Crippen LogP contribution in [-0.2, 0) is 10.0 Å². The van der Waals surface area contributed by atoms with E-state index in [0.717, 1.165) is 25.2 Å². The van der Waals surface area contributed by atoms with Crippen LogP contribution in [0, 0.1) is 0 Å². The minimum absolute atomic E-state index is 0.132. The minimum Gasteiger partial charge on any atom is -0.305 e. The van der Waals surface area contributed by atoms with Crippen molar-refractivity contribution >= 4 is 38.9 Å². The van der Waals surface area contributed by atoms with E-state index in [0.29, 0.717) is 0 Å². The molecular weight excluding hydrogens is 426 g/mol. The monoisotopic (exact) mass is 437 g/mol. The Kier molecular flexibility index (Phi) is 5.15. The second kappa shape index (κ2) is 6.97. The van der Waals surface area contributed by atoms with Gasteiger partial charge >= 0.3 is 6.18 Å². The third kappa shape index (κ3) is 3.91. The molecule has 11 heteroatoms. The first kappa shape index (κ1) is 19.9. The summed E-state index contributed by atoms with van der Waals surface area (Å²) in [7, 11) is -3.60. The summed E-state index contributed by atoms with van der Waals surface area (Å²) in [5.74, 6) is 0. The molecule has 0 radical (unpaired) electrons. The molecule has 0 aliphatic heterocycles. The fourth-order valence-corrected chi connectivity index (χ4v) is 4.30. The first-order chi connectivity index (χ1) is 12.5. The summed E-state index contributed by atoms with van der Waals surface area (Å²) in [6.07, 6.45) is -2.03. The molecule has 0 N–H and O–H groups in total. The molecule has 0 saturated carbocycles. The predicted molar refractivity (Wildman–Crippen MR) is 95.4 cm³/mol. The van der Waals surface area contributed by atoms with Gasteiger partial charge in [0.15, 0.2) is 0 Å². The number of benzene rings is 1. The summed E-state index contributed by atoms with van der Waals surface area (Å²) in [4.78, 5) is 3.59. The summed E-state index contributed by atoms with van der Waals surface area (Å²) < 4.78 is 68.5. The predicted octanol–water partition coefficient (Wildman–Crippen LogP) is 4.57. The highest BCUT2D eigenvalue weighted by molar-refractivity contribution is 7.89. The number of hydrogen-bond donors (Lipinski definition) is 0. The maximum Gasteiger partial charge on any atom is 0.409 e. The summed E-state index contributed by atoms with van der Waals surface area (Å²) in [6.45, 7) is 0. The van der Waals surface area contributed by atoms with Crippen LogP contribution in [0.15, 0.2) is 53.7 Å². The molecule has 0 aliphatic carbocycles. The molecule has 144 valence electrons. The Bertz CT molecular complexity index is 1080. The SMILES string of the molecule is CN([C@H](c1ccc(Cl)cc1)C(F)(F)F)S(=O)(=O)c1ccn2cc(Cl)nc2c1. The van der Waals surface area contributed by atoms with E-state index in [9.17, 15) is 21.6 Å². The number of sulfonamides is 1. The molecule has 0 aliphatic rings. The highest BCUT2D eigenvalue weighted by Gasteiger charge is 2.47. The van der Waals surface area contributed by atoms with Gasteiger partial charge in [0, 0.05) is 30.5 Å². The van der Waals surface area contributed by atoms with Gasteiger partial charge in [-0.05, 0) is 23.8 Å². The van der Waals surface area contributed by atoms with E-state index < -0.39 is 22.2 Å². The molecule has 0 saturated heterocycles. The molecule has 1 aromatic carbocycles. The quantitative estimate of drug-likeness (QED) is 0.600. The van der Waals surface area contributed by atoms with E-state index in [2.05, 4.69) is 4.98 Å². The molecule has 0 unspecified atom stereocenters. The van der Waals surface area contributed by atoms with Crippen LogP contribution in [0.4, 0.5) is 13.2 Å². The van der Waals surface area contributed by atoms with Crippen LogP contribution < -0.4 is 0 Å². The number of halogens is 5. The molecule has 27 heavy (non-hydrogen) atoms. The molecular formula is C16H12Cl2F3N3O2S. The summed E-state index contributed by atoms with van der Waals surface area (Å²) in [6, 6.07) is 4.80. The lowest BCUT2D eigenvalue weighted by Crippen LogP contribution is -2.39. The van der Waals surface area contributed by atoms with Gasteiger partial charge in [-0.3, -0.25) is 0 Å². The zero-order valence-electron chi connectivity index (χ0n) is 13.7. The zero-order valence-corrected chi connectivity index (χ0v) is 16.0. The summed E-state index contributed by atoms with van der Waals surface area (Å²) >= 11 is 11.5. The highest BCUT2D eigenvalue weighted by atomic mass is 35.5. The number of fused-ring (bicyclic) bond motifs is 1. The summed E-state index contributed by atoms with van der Waals surface area (Å²) in [5.41, 5.74) is -0.0487. The molecule has 0 amide bonds. The van der Waals surface area contributed by atoms with Crippen LogP contribution >= 0.6 is 23.2 Å². The van der Waals surface area contributed by atoms with Crippen molar-refractivity contribution in [3.63, 3.8) is 0 Å². The van der Waals surface area contributed by atoms with Crippen molar-refractivity contribution in [2.45, 2.75) is 17.1 Å². The van der Waals surface area contributed by atoms with Crippen LogP contribution in [-0.4, -0.2) is 35.3 Å². The van der Waals surface area contributed by atoms with Crippen molar-refractivity contribution in [3.8, 4) is 0 Å². The Morgan fingerprint density at radius 3 is 2.37 bits per heavy atom. The average Bonchev–Trinajstić information content (AvgIpc) is 2.94. The van der Waals surface area contributed by atoms with Gasteiger partial charge in [-0.1, -0.05) is 35.3 Å². The number of aromatic nitrogens is 2. The van der Waals surface area contributed by atoms with Gasteiger partial charge in [-0.15, -0.1) is 0 Å². The van der Waals surface area contributed by atoms with Gasteiger partial charge in [0.1, 0.15) is 16.8 Å². The molecule has 2 aromatic heterocycles. The number of alkyl halides is 3. The van der Waals surface area contributed by atoms with Crippen molar-refractivity contribution in [1.82, 2.24) is 13.7 Å². The third-order valence-corrected chi connectivity index (χ3v) is 6.19. The van der Waals surface area contributed by atoms with E-state index in [4.69, 9.17) is 23.2 Å². The Balaban J connectivity index is 2.07. The van der Waals surface area contributed by atoms with E-state index in [-0.39, 0.29) is 30.6 Å². The van der Waals surface area contributed by atoms with E-state index in [1.165, 1.54) is 35.0 Å². The summed E-state index contributed by atoms with van der Waals surface area (Å²) in [5, 5.41) is 0.374. The Morgan fingerprint density at radius 2 is 1.78 bits per heavy atom. The lowest BCUT2D eigenvalue weighted by Gasteiger charge is -2.29. The largest absolute Gasteiger partial charge is 0.409 e. The normalized spacial score (nSPS) is 14.0. The van der Waals surface area contributed by atoms with Crippen LogP contribution in [0.3, 0.4) is 0 Å². The maximum atomic E-state index is 13.7. The van der Waals surface area contributed by atoms with Gasteiger partial charge in [-0.25, -0.2) is 13.4 Å². The van der Waals surface area contributed by atoms with Gasteiger partial charge in [0.2, 0.25) is 10.0 Å². The molecule has 0 spiro atoms. The van der Waals surface area contributed by atoms with Crippen molar-refractivity contribution in [1.29, 1.82) is 0 Å². The average molecular weight is 438 g/mol. The Morgan fingerprint density at radius 1 is 1.15 bits per heavy atom. The first-order valence-electron chi connectivity index (χ1n) is 7.44. The van der Waals surface area contributed by atoms with E-state index >= 15 is 0 Å². The van der Waals surface area contributed by atoms with E-state index in [1.54, 1.807) is 0 Å². The molecule has 0 bridgehead atoms. The van der Waals surface area contributed by atoms with Crippen LogP contribution in [0.1, 0.15) is 11.6 Å². The number of rotatable bonds is 4. The van der Waals surface area contributed by atoms with E-state index in [1.807, 2.05) is 0 Å². The minimum atomic E-state index is -4.84. The van der Waals surface area contributed by atoms with Gasteiger partial charge in [-0.2, -0.15) is 17.5 Å². The highest BCUT2D eigenvalue weighted by Crippen LogP contribution is 2.40. The fraction of sp³-hybridized carbons (Fsp3) is 0.188. The molecule has 0 fully saturated rings. The number of imidazole rings is 1. The van der Waals surface area contributed by atoms with Gasteiger partial charge in [0.05, 0.1) is 4.90 Å². The Hall–Kier alpha value is -1.81. The molecule has 2 heterocycles. The number of hydrogen-bond acceptors (Lipinski definition) is 3. The van der Waals surface area contributed by atoms with Crippen molar-refractivity contribution in [2.75, 3.05) is 7.05 Å².